The van der Waals surface area contributed by atoms with Crippen molar-refractivity contribution in [1.82, 2.24) is 19.8 Å². The smallest absolute Gasteiger partial charge is 0.319 e. The third kappa shape index (κ3) is 3.24. The lowest BCUT2D eigenvalue weighted by Crippen LogP contribution is -2.51. The Kier molecular flexibility index (Phi) is 4.88. The number of piperazine rings is 1. The second kappa shape index (κ2) is 7.11. The van der Waals surface area contributed by atoms with Gasteiger partial charge in [-0.2, -0.15) is 4.98 Å². The van der Waals surface area contributed by atoms with E-state index in [-0.39, 0.29) is 6.03 Å². The summed E-state index contributed by atoms with van der Waals surface area (Å²) in [5.74, 6) is 2.11. The SMILES string of the molecule is COc1cc2nc(N3CCN(C(=O)N(C)C)CC3)nc(N)c2cc1OC. The molecule has 1 aliphatic heterocycles. The highest BCUT2D eigenvalue weighted by Crippen LogP contribution is 2.34. The van der Waals surface area contributed by atoms with Crippen LogP contribution in [0.25, 0.3) is 10.9 Å². The number of hydrogen-bond donors (Lipinski definition) is 1. The highest BCUT2D eigenvalue weighted by atomic mass is 16.5. The number of benzene rings is 1. The van der Waals surface area contributed by atoms with Crippen molar-refractivity contribution in [3.8, 4) is 11.5 Å². The van der Waals surface area contributed by atoms with Crippen LogP contribution in [0.5, 0.6) is 11.5 Å². The van der Waals surface area contributed by atoms with Gasteiger partial charge in [-0.3, -0.25) is 0 Å². The molecular formula is C17H24N6O3. The maximum absolute atomic E-state index is 12.1. The number of amides is 2. The van der Waals surface area contributed by atoms with Crippen LogP contribution in [0.1, 0.15) is 0 Å². The number of nitrogens with zero attached hydrogens (tertiary/aromatic N) is 5. The van der Waals surface area contributed by atoms with Crippen molar-refractivity contribution in [2.24, 2.45) is 0 Å². The van der Waals surface area contributed by atoms with Gasteiger partial charge in [-0.1, -0.05) is 0 Å². The summed E-state index contributed by atoms with van der Waals surface area (Å²) in [5, 5.41) is 0.716. The first-order valence-corrected chi connectivity index (χ1v) is 8.35. The molecule has 9 nitrogen and oxygen atoms in total. The summed E-state index contributed by atoms with van der Waals surface area (Å²) in [6.45, 7) is 2.53. The Morgan fingerprint density at radius 2 is 1.69 bits per heavy atom. The molecule has 0 aliphatic carbocycles. The van der Waals surface area contributed by atoms with E-state index in [9.17, 15) is 4.79 Å². The molecule has 1 saturated heterocycles. The van der Waals surface area contributed by atoms with Crippen LogP contribution in [0.3, 0.4) is 0 Å². The predicted molar refractivity (Wildman–Crippen MR) is 99.9 cm³/mol. The number of urea groups is 1. The van der Waals surface area contributed by atoms with Crippen LogP contribution in [0.4, 0.5) is 16.6 Å². The number of hydrogen-bond acceptors (Lipinski definition) is 7. The third-order valence-electron chi connectivity index (χ3n) is 4.43. The Labute approximate surface area is 152 Å². The molecule has 1 aliphatic rings. The van der Waals surface area contributed by atoms with Crippen molar-refractivity contribution < 1.29 is 14.3 Å². The minimum absolute atomic E-state index is 0.0143. The van der Waals surface area contributed by atoms with Crippen LogP contribution < -0.4 is 20.1 Å². The number of carbonyl (C=O) groups is 1. The largest absolute Gasteiger partial charge is 0.493 e. The van der Waals surface area contributed by atoms with Crippen molar-refractivity contribution in [3.05, 3.63) is 12.1 Å². The zero-order valence-corrected chi connectivity index (χ0v) is 15.5. The number of nitrogen functional groups attached to an aromatic ring is 1. The number of fused-ring (bicyclic) bond motifs is 1. The van der Waals surface area contributed by atoms with Gasteiger partial charge in [-0.25, -0.2) is 9.78 Å². The van der Waals surface area contributed by atoms with Gasteiger partial charge in [-0.15, -0.1) is 0 Å². The Balaban J connectivity index is 1.86. The monoisotopic (exact) mass is 360 g/mol. The van der Waals surface area contributed by atoms with Gasteiger partial charge in [0.15, 0.2) is 11.5 Å². The van der Waals surface area contributed by atoms with Gasteiger partial charge in [0.05, 0.1) is 19.7 Å². The van der Waals surface area contributed by atoms with Gasteiger partial charge in [-0.05, 0) is 6.07 Å². The van der Waals surface area contributed by atoms with Crippen LogP contribution in [-0.4, -0.2) is 80.3 Å². The van der Waals surface area contributed by atoms with Gasteiger partial charge >= 0.3 is 6.03 Å². The summed E-state index contributed by atoms with van der Waals surface area (Å²) < 4.78 is 10.7. The first kappa shape index (κ1) is 17.8. The fourth-order valence-electron chi connectivity index (χ4n) is 2.99. The molecule has 140 valence electrons. The van der Waals surface area contributed by atoms with Crippen LogP contribution >= 0.6 is 0 Å². The van der Waals surface area contributed by atoms with Crippen LogP contribution in [0.2, 0.25) is 0 Å². The van der Waals surface area contributed by atoms with E-state index >= 15 is 0 Å². The van der Waals surface area contributed by atoms with E-state index in [1.54, 1.807) is 45.3 Å². The van der Waals surface area contributed by atoms with E-state index in [1.165, 1.54) is 0 Å². The first-order chi connectivity index (χ1) is 12.4. The van der Waals surface area contributed by atoms with E-state index in [0.29, 0.717) is 60.3 Å². The zero-order valence-electron chi connectivity index (χ0n) is 15.5. The van der Waals surface area contributed by atoms with Gasteiger partial charge in [0.1, 0.15) is 5.82 Å². The molecular weight excluding hydrogens is 336 g/mol. The lowest BCUT2D eigenvalue weighted by molar-refractivity contribution is 0.167. The Bertz CT molecular complexity index is 818. The summed E-state index contributed by atoms with van der Waals surface area (Å²) in [6, 6.07) is 3.59. The molecule has 9 heteroatoms. The Morgan fingerprint density at radius 3 is 2.27 bits per heavy atom. The van der Waals surface area contributed by atoms with Crippen molar-refractivity contribution in [2.75, 3.05) is 65.1 Å². The molecule has 2 amide bonds. The first-order valence-electron chi connectivity index (χ1n) is 8.35. The molecule has 0 spiro atoms. The van der Waals surface area contributed by atoms with Gasteiger partial charge < -0.3 is 29.9 Å². The molecule has 2 heterocycles. The molecule has 1 aromatic carbocycles. The molecule has 0 unspecified atom stereocenters. The Morgan fingerprint density at radius 1 is 1.08 bits per heavy atom. The highest BCUT2D eigenvalue weighted by molar-refractivity contribution is 5.91. The molecule has 26 heavy (non-hydrogen) atoms. The minimum Gasteiger partial charge on any atom is -0.493 e. The van der Waals surface area contributed by atoms with E-state index in [1.807, 2.05) is 9.80 Å². The molecule has 0 saturated carbocycles. The lowest BCUT2D eigenvalue weighted by atomic mass is 10.2. The number of ether oxygens (including phenoxy) is 2. The molecule has 0 atom stereocenters. The zero-order chi connectivity index (χ0) is 18.8. The van der Waals surface area contributed by atoms with Crippen LogP contribution in [-0.2, 0) is 0 Å². The second-order valence-electron chi connectivity index (χ2n) is 6.28. The number of methoxy groups -OCH3 is 2. The number of aromatic nitrogens is 2. The summed E-state index contributed by atoms with van der Waals surface area (Å²) in [6.07, 6.45) is 0. The molecule has 2 aromatic rings. The highest BCUT2D eigenvalue weighted by Gasteiger charge is 2.24. The maximum atomic E-state index is 12.1. The quantitative estimate of drug-likeness (QED) is 0.873. The maximum Gasteiger partial charge on any atom is 0.319 e. The fraction of sp³-hybridized carbons (Fsp3) is 0.471. The molecule has 2 N–H and O–H groups in total. The molecule has 0 bridgehead atoms. The van der Waals surface area contributed by atoms with Crippen molar-refractivity contribution >= 4 is 28.7 Å². The van der Waals surface area contributed by atoms with Gasteiger partial charge in [0.2, 0.25) is 5.95 Å². The van der Waals surface area contributed by atoms with Crippen molar-refractivity contribution in [1.29, 1.82) is 0 Å². The predicted octanol–water partition coefficient (Wildman–Crippen LogP) is 1.03. The molecule has 1 fully saturated rings. The van der Waals surface area contributed by atoms with Gasteiger partial charge in [0.25, 0.3) is 0 Å². The summed E-state index contributed by atoms with van der Waals surface area (Å²) in [5.41, 5.74) is 6.84. The van der Waals surface area contributed by atoms with Crippen molar-refractivity contribution in [2.45, 2.75) is 0 Å². The van der Waals surface area contributed by atoms with E-state index in [2.05, 4.69) is 9.97 Å². The third-order valence-corrected chi connectivity index (χ3v) is 4.43. The fourth-order valence-corrected chi connectivity index (χ4v) is 2.99. The molecule has 0 radical (unpaired) electrons. The van der Waals surface area contributed by atoms with Gasteiger partial charge in [0, 0.05) is 51.7 Å². The average Bonchev–Trinajstić information content (AvgIpc) is 2.66. The minimum atomic E-state index is 0.0143. The number of nitrogens with two attached hydrogens (primary N) is 1. The summed E-state index contributed by atoms with van der Waals surface area (Å²) in [7, 11) is 6.66. The average molecular weight is 360 g/mol. The topological polar surface area (TPSA) is 97.1 Å². The lowest BCUT2D eigenvalue weighted by Gasteiger charge is -2.36. The summed E-state index contributed by atoms with van der Waals surface area (Å²) >= 11 is 0. The second-order valence-corrected chi connectivity index (χ2v) is 6.28. The van der Waals surface area contributed by atoms with Crippen molar-refractivity contribution in [3.63, 3.8) is 0 Å². The van der Waals surface area contributed by atoms with Crippen LogP contribution in [0, 0.1) is 0 Å². The number of anilines is 2. The number of carbonyl (C=O) groups excluding carboxylic acids is 1. The number of rotatable bonds is 3. The summed E-state index contributed by atoms with van der Waals surface area (Å²) in [4.78, 5) is 26.6. The molecule has 1 aromatic heterocycles. The van der Waals surface area contributed by atoms with E-state index in [4.69, 9.17) is 15.2 Å². The van der Waals surface area contributed by atoms with Crippen LogP contribution in [0.15, 0.2) is 12.1 Å². The van der Waals surface area contributed by atoms with E-state index in [0.717, 1.165) is 0 Å². The molecule has 3 rings (SSSR count). The normalized spacial score (nSPS) is 14.5. The standard InChI is InChI=1S/C17H24N6O3/c1-21(2)17(24)23-7-5-22(6-8-23)16-19-12-10-14(26-4)13(25-3)9-11(12)15(18)20-16/h9-10H,5-8H2,1-4H3,(H2,18,19,20). The Hall–Kier alpha value is -2.97. The van der Waals surface area contributed by atoms with E-state index < -0.39 is 0 Å².